The number of benzene rings is 4. The van der Waals surface area contributed by atoms with E-state index in [2.05, 4.69) is 53.7 Å². The molecule has 2 unspecified atom stereocenters. The van der Waals surface area contributed by atoms with E-state index in [9.17, 15) is 8.42 Å². The molecule has 0 aromatic heterocycles. The third kappa shape index (κ3) is 6.73. The maximum atomic E-state index is 13.4. The van der Waals surface area contributed by atoms with Gasteiger partial charge in [0, 0.05) is 0 Å². The molecule has 0 saturated heterocycles. The van der Waals surface area contributed by atoms with Crippen LogP contribution in [0.4, 0.5) is 0 Å². The molecule has 0 N–H and O–H groups in total. The van der Waals surface area contributed by atoms with Crippen molar-refractivity contribution in [3.05, 3.63) is 103 Å². The molecular weight excluding hydrogens is 540 g/mol. The molecule has 0 radical (unpaired) electrons. The van der Waals surface area contributed by atoms with E-state index in [0.29, 0.717) is 22.3 Å². The van der Waals surface area contributed by atoms with Gasteiger partial charge in [0.05, 0.1) is 15.9 Å². The summed E-state index contributed by atoms with van der Waals surface area (Å²) in [5.74, 6) is 2.64. The van der Waals surface area contributed by atoms with Crippen LogP contribution in [0.15, 0.2) is 107 Å². The SMILES string of the molecule is CCC(C)Oc1ccc(-c2ccc(Oc3ccc(S(=O)(=O)c4ccc(C(CC)(CC)C(C)CC)cc4)cc3)cc2)cc1. The third-order valence-electron chi connectivity index (χ3n) is 8.88. The Balaban J connectivity index is 1.44. The van der Waals surface area contributed by atoms with Crippen molar-refractivity contribution in [3.8, 4) is 28.4 Å². The average Bonchev–Trinajstić information content (AvgIpc) is 3.03. The first-order valence-electron chi connectivity index (χ1n) is 15.2. The minimum Gasteiger partial charge on any atom is -0.491 e. The summed E-state index contributed by atoms with van der Waals surface area (Å²) in [5.41, 5.74) is 3.43. The normalized spacial score (nSPS) is 13.4. The van der Waals surface area contributed by atoms with Gasteiger partial charge in [0.25, 0.3) is 0 Å². The molecule has 4 rings (SSSR count). The van der Waals surface area contributed by atoms with Gasteiger partial charge in [0.1, 0.15) is 17.2 Å². The minimum absolute atomic E-state index is 0.0564. The summed E-state index contributed by atoms with van der Waals surface area (Å²) in [4.78, 5) is 0.554. The lowest BCUT2D eigenvalue weighted by Crippen LogP contribution is -2.32. The van der Waals surface area contributed by atoms with Gasteiger partial charge in [-0.25, -0.2) is 8.42 Å². The molecule has 0 saturated carbocycles. The van der Waals surface area contributed by atoms with E-state index >= 15 is 0 Å². The quantitative estimate of drug-likeness (QED) is 0.157. The number of ether oxygens (including phenoxy) is 2. The molecule has 42 heavy (non-hydrogen) atoms. The molecule has 0 bridgehead atoms. The van der Waals surface area contributed by atoms with Gasteiger partial charge in [0.15, 0.2) is 0 Å². The Morgan fingerprint density at radius 1 is 0.595 bits per heavy atom. The van der Waals surface area contributed by atoms with Crippen molar-refractivity contribution in [2.24, 2.45) is 5.92 Å². The van der Waals surface area contributed by atoms with E-state index in [0.717, 1.165) is 42.6 Å². The summed E-state index contributed by atoms with van der Waals surface area (Å²) in [5, 5.41) is 0. The first kappa shape index (κ1) is 31.4. The fraction of sp³-hybridized carbons (Fsp3) is 0.351. The van der Waals surface area contributed by atoms with Crippen LogP contribution in [-0.4, -0.2) is 14.5 Å². The van der Waals surface area contributed by atoms with Crippen LogP contribution in [0, 0.1) is 5.92 Å². The molecule has 2 atom stereocenters. The van der Waals surface area contributed by atoms with E-state index in [4.69, 9.17) is 9.47 Å². The summed E-state index contributed by atoms with van der Waals surface area (Å²) < 4.78 is 38.7. The molecule has 0 amide bonds. The van der Waals surface area contributed by atoms with E-state index in [1.54, 1.807) is 36.4 Å². The number of hydrogen-bond acceptors (Lipinski definition) is 4. The molecule has 5 heteroatoms. The molecule has 4 nitrogen and oxygen atoms in total. The molecule has 222 valence electrons. The maximum Gasteiger partial charge on any atom is 0.206 e. The lowest BCUT2D eigenvalue weighted by molar-refractivity contribution is 0.217. The summed E-state index contributed by atoms with van der Waals surface area (Å²) in [6.45, 7) is 13.1. The Kier molecular flexibility index (Phi) is 10.2. The fourth-order valence-corrected chi connectivity index (χ4v) is 6.97. The second-order valence-electron chi connectivity index (χ2n) is 11.2. The highest BCUT2D eigenvalue weighted by atomic mass is 32.2. The van der Waals surface area contributed by atoms with Crippen LogP contribution < -0.4 is 9.47 Å². The van der Waals surface area contributed by atoms with Crippen LogP contribution in [-0.2, 0) is 15.3 Å². The van der Waals surface area contributed by atoms with Crippen molar-refractivity contribution < 1.29 is 17.9 Å². The standard InChI is InChI=1S/C37H44O4S/c1-7-27(5)37(9-3,10-4)31-15-23-35(24-16-31)42(38,39)36-25-21-34(22-26-36)41-33-19-13-30(14-20-33)29-11-17-32(18-12-29)40-28(6)8-2/h11-28H,7-10H2,1-6H3. The predicted octanol–water partition coefficient (Wildman–Crippen LogP) is 10.3. The molecule has 4 aromatic rings. The second-order valence-corrected chi connectivity index (χ2v) is 13.1. The van der Waals surface area contributed by atoms with Gasteiger partial charge in [-0.3, -0.25) is 0 Å². The van der Waals surface area contributed by atoms with Crippen molar-refractivity contribution in [2.45, 2.75) is 88.5 Å². The van der Waals surface area contributed by atoms with Crippen LogP contribution in [0.2, 0.25) is 0 Å². The van der Waals surface area contributed by atoms with Gasteiger partial charge >= 0.3 is 0 Å². The highest BCUT2D eigenvalue weighted by molar-refractivity contribution is 7.91. The van der Waals surface area contributed by atoms with Crippen molar-refractivity contribution in [1.82, 2.24) is 0 Å². The Bertz CT molecular complexity index is 1520. The van der Waals surface area contributed by atoms with E-state index in [-0.39, 0.29) is 16.4 Å². The van der Waals surface area contributed by atoms with Crippen molar-refractivity contribution >= 4 is 9.84 Å². The topological polar surface area (TPSA) is 52.6 Å². The van der Waals surface area contributed by atoms with E-state index < -0.39 is 9.84 Å². The number of sulfone groups is 1. The summed E-state index contributed by atoms with van der Waals surface area (Å²) in [6, 6.07) is 30.1. The van der Waals surface area contributed by atoms with Crippen LogP contribution >= 0.6 is 0 Å². The van der Waals surface area contributed by atoms with Gasteiger partial charge in [-0.15, -0.1) is 0 Å². The average molecular weight is 585 g/mol. The monoisotopic (exact) mass is 584 g/mol. The first-order chi connectivity index (χ1) is 20.2. The zero-order valence-electron chi connectivity index (χ0n) is 25.8. The largest absolute Gasteiger partial charge is 0.491 e. The lowest BCUT2D eigenvalue weighted by atomic mass is 9.66. The third-order valence-corrected chi connectivity index (χ3v) is 10.7. The Hall–Kier alpha value is -3.57. The Labute approximate surface area is 252 Å². The second kappa shape index (κ2) is 13.6. The summed E-state index contributed by atoms with van der Waals surface area (Å²) in [7, 11) is -3.64. The maximum absolute atomic E-state index is 13.4. The molecule has 4 aromatic carbocycles. The van der Waals surface area contributed by atoms with Crippen LogP contribution in [0.3, 0.4) is 0 Å². The van der Waals surface area contributed by atoms with Gasteiger partial charge in [-0.05, 0) is 115 Å². The zero-order valence-corrected chi connectivity index (χ0v) is 26.6. The number of hydrogen-bond donors (Lipinski definition) is 0. The predicted molar refractivity (Wildman–Crippen MR) is 172 cm³/mol. The molecular formula is C37H44O4S. The van der Waals surface area contributed by atoms with E-state index in [1.165, 1.54) is 5.56 Å². The molecule has 0 aliphatic rings. The van der Waals surface area contributed by atoms with Gasteiger partial charge in [-0.1, -0.05) is 77.4 Å². The molecule has 0 heterocycles. The smallest absolute Gasteiger partial charge is 0.206 e. The van der Waals surface area contributed by atoms with E-state index in [1.807, 2.05) is 48.5 Å². The van der Waals surface area contributed by atoms with Gasteiger partial charge in [0.2, 0.25) is 9.84 Å². The number of rotatable bonds is 13. The van der Waals surface area contributed by atoms with Crippen LogP contribution in [0.25, 0.3) is 11.1 Å². The Morgan fingerprint density at radius 3 is 1.45 bits per heavy atom. The molecule has 0 aliphatic heterocycles. The van der Waals surface area contributed by atoms with Gasteiger partial charge < -0.3 is 9.47 Å². The minimum atomic E-state index is -3.64. The summed E-state index contributed by atoms with van der Waals surface area (Å²) >= 11 is 0. The zero-order chi connectivity index (χ0) is 30.3. The molecule has 0 spiro atoms. The lowest BCUT2D eigenvalue weighted by Gasteiger charge is -2.38. The van der Waals surface area contributed by atoms with Crippen molar-refractivity contribution in [1.29, 1.82) is 0 Å². The Morgan fingerprint density at radius 2 is 1.02 bits per heavy atom. The van der Waals surface area contributed by atoms with Gasteiger partial charge in [-0.2, -0.15) is 0 Å². The highest BCUT2D eigenvalue weighted by Crippen LogP contribution is 2.41. The van der Waals surface area contributed by atoms with Crippen molar-refractivity contribution in [3.63, 3.8) is 0 Å². The van der Waals surface area contributed by atoms with Crippen LogP contribution in [0.5, 0.6) is 17.2 Å². The molecule has 0 fully saturated rings. The summed E-state index contributed by atoms with van der Waals surface area (Å²) in [6.07, 6.45) is 4.29. The van der Waals surface area contributed by atoms with Crippen molar-refractivity contribution in [2.75, 3.05) is 0 Å². The molecule has 0 aliphatic carbocycles. The first-order valence-corrected chi connectivity index (χ1v) is 16.7. The fourth-order valence-electron chi connectivity index (χ4n) is 5.71. The highest BCUT2D eigenvalue weighted by Gasteiger charge is 2.33. The van der Waals surface area contributed by atoms with Crippen LogP contribution in [0.1, 0.15) is 72.8 Å².